The van der Waals surface area contributed by atoms with Crippen LogP contribution >= 0.6 is 35.0 Å². The summed E-state index contributed by atoms with van der Waals surface area (Å²) in [6.45, 7) is 14.9. The van der Waals surface area contributed by atoms with Crippen LogP contribution in [-0.4, -0.2) is 39.1 Å². The molecule has 3 aromatic rings. The Labute approximate surface area is 251 Å². The number of thioether (sulfide) groups is 1. The number of nitrogens with zero attached hydrogens (tertiary/aromatic N) is 3. The topological polar surface area (TPSA) is 77.6 Å². The number of halogens is 2. The maximum absolute atomic E-state index is 12.2. The Kier molecular flexibility index (Phi) is 12.7. The van der Waals surface area contributed by atoms with Gasteiger partial charge in [0.05, 0.1) is 15.7 Å². The molecular formula is C30H37Cl2N3O4S. The van der Waals surface area contributed by atoms with E-state index in [9.17, 15) is 9.59 Å². The van der Waals surface area contributed by atoms with Gasteiger partial charge in [-0.2, -0.15) is 4.68 Å². The summed E-state index contributed by atoms with van der Waals surface area (Å²) in [5, 5.41) is 4.89. The summed E-state index contributed by atoms with van der Waals surface area (Å²) in [5.41, 5.74) is 1.10. The lowest BCUT2D eigenvalue weighted by molar-refractivity contribution is 0.190. The van der Waals surface area contributed by atoms with E-state index in [1.54, 1.807) is 0 Å². The largest absolute Gasteiger partial charge is 0.479 e. The Morgan fingerprint density at radius 2 is 1.82 bits per heavy atom. The maximum Gasteiger partial charge on any atom is 0.442 e. The Morgan fingerprint density at radius 1 is 1.18 bits per heavy atom. The zero-order valence-corrected chi connectivity index (χ0v) is 26.4. The third-order valence-electron chi connectivity index (χ3n) is 5.97. The van der Waals surface area contributed by atoms with E-state index < -0.39 is 11.2 Å². The number of aromatic nitrogens is 2. The number of terminal acetylenes is 1. The molecule has 1 heterocycles. The van der Waals surface area contributed by atoms with Gasteiger partial charge in [-0.15, -0.1) is 11.5 Å². The minimum absolute atomic E-state index is 0.0434. The summed E-state index contributed by atoms with van der Waals surface area (Å²) in [4.78, 5) is 26.2. The highest BCUT2D eigenvalue weighted by Gasteiger charge is 2.24. The molecule has 7 nitrogen and oxygen atoms in total. The first kappa shape index (κ1) is 33.3. The predicted molar refractivity (Wildman–Crippen MR) is 165 cm³/mol. The highest BCUT2D eigenvalue weighted by molar-refractivity contribution is 8.12. The smallest absolute Gasteiger partial charge is 0.442 e. The molecule has 40 heavy (non-hydrogen) atoms. The first-order valence-corrected chi connectivity index (χ1v) is 14.7. The van der Waals surface area contributed by atoms with Gasteiger partial charge < -0.3 is 14.1 Å². The molecule has 0 saturated carbocycles. The SMILES string of the molecule is C#CCOc1cc(-n2nc(C(C)(C)C)oc2=O)c(Cl)cc1Cl.CCN(C(=O)SCc1ccccc1)C(C)C(C)C. The number of hydrogen-bond acceptors (Lipinski definition) is 6. The standard InChI is InChI=1S/C15H14Cl2N2O3.C15H23NOS/c1-5-6-21-12-8-11(9(16)7-10(12)17)19-14(20)22-13(18-19)15(2,3)4;1-5-16(13(4)12(2)3)15(17)18-11-14-9-7-6-8-10-14/h1,7-8H,6H2,2-4H3;6-10,12-13H,5,11H2,1-4H3. The van der Waals surface area contributed by atoms with E-state index in [4.69, 9.17) is 38.8 Å². The van der Waals surface area contributed by atoms with Gasteiger partial charge in [0.15, 0.2) is 0 Å². The molecule has 0 aliphatic rings. The Hall–Kier alpha value is -2.86. The summed E-state index contributed by atoms with van der Waals surface area (Å²) in [6, 6.07) is 13.4. The minimum atomic E-state index is -0.642. The summed E-state index contributed by atoms with van der Waals surface area (Å²) in [5.74, 6) is 3.55. The van der Waals surface area contributed by atoms with E-state index in [2.05, 4.69) is 43.9 Å². The van der Waals surface area contributed by atoms with Gasteiger partial charge in [0.1, 0.15) is 12.4 Å². The van der Waals surface area contributed by atoms with Crippen LogP contribution in [0.25, 0.3) is 5.69 Å². The molecule has 0 fully saturated rings. The van der Waals surface area contributed by atoms with Crippen molar-refractivity contribution < 1.29 is 13.9 Å². The lowest BCUT2D eigenvalue weighted by atomic mass is 9.97. The fourth-order valence-electron chi connectivity index (χ4n) is 3.39. The van der Waals surface area contributed by atoms with E-state index in [-0.39, 0.29) is 21.9 Å². The Morgan fingerprint density at radius 3 is 2.35 bits per heavy atom. The molecule has 3 rings (SSSR count). The third-order valence-corrected chi connectivity index (χ3v) is 7.52. The van der Waals surface area contributed by atoms with Crippen molar-refractivity contribution in [2.45, 2.75) is 65.7 Å². The van der Waals surface area contributed by atoms with E-state index in [1.165, 1.54) is 29.5 Å². The van der Waals surface area contributed by atoms with Crippen LogP contribution in [-0.2, 0) is 11.2 Å². The number of benzene rings is 2. The lowest BCUT2D eigenvalue weighted by Crippen LogP contribution is -2.39. The van der Waals surface area contributed by atoms with Gasteiger partial charge in [0.2, 0.25) is 5.89 Å². The van der Waals surface area contributed by atoms with Gasteiger partial charge in [-0.3, -0.25) is 4.79 Å². The second-order valence-corrected chi connectivity index (χ2v) is 12.1. The number of hydrogen-bond donors (Lipinski definition) is 0. The van der Waals surface area contributed by atoms with Crippen LogP contribution in [0, 0.1) is 18.3 Å². The highest BCUT2D eigenvalue weighted by Crippen LogP contribution is 2.33. The van der Waals surface area contributed by atoms with Crippen molar-refractivity contribution in [2.75, 3.05) is 13.2 Å². The second-order valence-electron chi connectivity index (χ2n) is 10.4. The number of ether oxygens (including phenoxy) is 1. The molecule has 0 spiro atoms. The van der Waals surface area contributed by atoms with Crippen LogP contribution in [0.5, 0.6) is 5.75 Å². The van der Waals surface area contributed by atoms with Crippen molar-refractivity contribution in [3.63, 3.8) is 0 Å². The van der Waals surface area contributed by atoms with Crippen LogP contribution in [0.2, 0.25) is 10.0 Å². The summed E-state index contributed by atoms with van der Waals surface area (Å²) >= 11 is 13.6. The summed E-state index contributed by atoms with van der Waals surface area (Å²) < 4.78 is 11.6. The minimum Gasteiger partial charge on any atom is -0.479 e. The lowest BCUT2D eigenvalue weighted by Gasteiger charge is -2.30. The zero-order chi connectivity index (χ0) is 30.0. The number of rotatable bonds is 8. The van der Waals surface area contributed by atoms with Gasteiger partial charge in [0.25, 0.3) is 5.24 Å². The third kappa shape index (κ3) is 9.36. The molecule has 1 amide bonds. The number of carbonyl (C=O) groups excluding carboxylic acids is 1. The van der Waals surface area contributed by atoms with Crippen molar-refractivity contribution in [1.29, 1.82) is 0 Å². The Balaban J connectivity index is 0.000000286. The molecule has 0 N–H and O–H groups in total. The molecule has 1 aromatic heterocycles. The molecule has 216 valence electrons. The van der Waals surface area contributed by atoms with Crippen molar-refractivity contribution in [3.05, 3.63) is 74.5 Å². The van der Waals surface area contributed by atoms with Crippen LogP contribution in [0.1, 0.15) is 59.9 Å². The fraction of sp³-hybridized carbons (Fsp3) is 0.433. The fourth-order valence-corrected chi connectivity index (χ4v) is 4.85. The van der Waals surface area contributed by atoms with Gasteiger partial charge >= 0.3 is 5.76 Å². The van der Waals surface area contributed by atoms with Crippen LogP contribution in [0.4, 0.5) is 4.79 Å². The maximum atomic E-state index is 12.2. The van der Waals surface area contributed by atoms with Crippen molar-refractivity contribution >= 4 is 40.2 Å². The summed E-state index contributed by atoms with van der Waals surface area (Å²) in [6.07, 6.45) is 5.15. The van der Waals surface area contributed by atoms with Crippen molar-refractivity contribution in [2.24, 2.45) is 5.92 Å². The van der Waals surface area contributed by atoms with Crippen molar-refractivity contribution in [3.8, 4) is 23.8 Å². The molecule has 0 saturated heterocycles. The number of amides is 1. The van der Waals surface area contributed by atoms with Crippen LogP contribution in [0.3, 0.4) is 0 Å². The van der Waals surface area contributed by atoms with Crippen LogP contribution in [0.15, 0.2) is 51.7 Å². The number of carbonyl (C=O) groups is 1. The zero-order valence-electron chi connectivity index (χ0n) is 24.0. The first-order chi connectivity index (χ1) is 18.8. The molecular weight excluding hydrogens is 569 g/mol. The van der Waals surface area contributed by atoms with Gasteiger partial charge in [-0.25, -0.2) is 4.79 Å². The summed E-state index contributed by atoms with van der Waals surface area (Å²) in [7, 11) is 0. The monoisotopic (exact) mass is 605 g/mol. The molecule has 0 radical (unpaired) electrons. The van der Waals surface area contributed by atoms with E-state index in [0.717, 1.165) is 17.0 Å². The quantitative estimate of drug-likeness (QED) is 0.243. The molecule has 10 heteroatoms. The van der Waals surface area contributed by atoms with Gasteiger partial charge in [-0.1, -0.05) is 106 Å². The average Bonchev–Trinajstić information content (AvgIpc) is 3.30. The first-order valence-electron chi connectivity index (χ1n) is 12.9. The van der Waals surface area contributed by atoms with E-state index in [0.29, 0.717) is 29.3 Å². The van der Waals surface area contributed by atoms with Gasteiger partial charge in [-0.05, 0) is 31.4 Å². The van der Waals surface area contributed by atoms with E-state index >= 15 is 0 Å². The van der Waals surface area contributed by atoms with Crippen molar-refractivity contribution in [1.82, 2.24) is 14.7 Å². The molecule has 0 aliphatic carbocycles. The normalized spacial score (nSPS) is 11.8. The predicted octanol–water partition coefficient (Wildman–Crippen LogP) is 7.85. The molecule has 0 bridgehead atoms. The van der Waals surface area contributed by atoms with E-state index in [1.807, 2.05) is 50.8 Å². The van der Waals surface area contributed by atoms with Gasteiger partial charge in [0, 0.05) is 29.8 Å². The molecule has 1 unspecified atom stereocenters. The molecule has 1 atom stereocenters. The molecule has 0 aliphatic heterocycles. The molecule has 2 aromatic carbocycles. The van der Waals surface area contributed by atoms with Crippen LogP contribution < -0.4 is 10.5 Å². The highest BCUT2D eigenvalue weighted by atomic mass is 35.5. The second kappa shape index (κ2) is 15.2. The average molecular weight is 607 g/mol. The Bertz CT molecular complexity index is 1360.